The molecule has 0 bridgehead atoms. The molecular formula is C16H16F3NS. The lowest BCUT2D eigenvalue weighted by molar-refractivity contribution is -0.137. The molecule has 2 aromatic carbocycles. The first-order valence-electron chi connectivity index (χ1n) is 6.48. The molecule has 0 heterocycles. The van der Waals surface area contributed by atoms with Crippen molar-refractivity contribution in [2.24, 2.45) is 0 Å². The minimum atomic E-state index is -4.31. The van der Waals surface area contributed by atoms with Gasteiger partial charge in [-0.3, -0.25) is 0 Å². The predicted molar refractivity (Wildman–Crippen MR) is 81.7 cm³/mol. The van der Waals surface area contributed by atoms with Crippen LogP contribution in [-0.4, -0.2) is 6.26 Å². The second-order valence-electron chi connectivity index (χ2n) is 4.69. The van der Waals surface area contributed by atoms with E-state index in [1.165, 1.54) is 12.1 Å². The van der Waals surface area contributed by atoms with Crippen LogP contribution in [0.5, 0.6) is 0 Å². The number of benzene rings is 2. The van der Waals surface area contributed by atoms with Gasteiger partial charge in [0.25, 0.3) is 0 Å². The average molecular weight is 311 g/mol. The van der Waals surface area contributed by atoms with Crippen LogP contribution in [0.25, 0.3) is 0 Å². The van der Waals surface area contributed by atoms with Gasteiger partial charge in [-0.05, 0) is 43.0 Å². The predicted octanol–water partition coefficient (Wildman–Crippen LogP) is 5.60. The van der Waals surface area contributed by atoms with E-state index in [1.54, 1.807) is 17.8 Å². The Morgan fingerprint density at radius 1 is 1.05 bits per heavy atom. The van der Waals surface area contributed by atoms with Crippen LogP contribution in [0.1, 0.15) is 24.1 Å². The average Bonchev–Trinajstić information content (AvgIpc) is 2.47. The van der Waals surface area contributed by atoms with Gasteiger partial charge < -0.3 is 5.32 Å². The number of nitrogens with one attached hydrogen (secondary N) is 1. The van der Waals surface area contributed by atoms with E-state index in [9.17, 15) is 13.2 Å². The molecule has 112 valence electrons. The van der Waals surface area contributed by atoms with E-state index in [1.807, 2.05) is 37.4 Å². The van der Waals surface area contributed by atoms with Crippen molar-refractivity contribution in [3.8, 4) is 0 Å². The zero-order valence-corrected chi connectivity index (χ0v) is 12.6. The van der Waals surface area contributed by atoms with Gasteiger partial charge in [0, 0.05) is 16.6 Å². The van der Waals surface area contributed by atoms with E-state index in [4.69, 9.17) is 0 Å². The number of rotatable bonds is 4. The van der Waals surface area contributed by atoms with Crippen molar-refractivity contribution >= 4 is 17.4 Å². The molecule has 21 heavy (non-hydrogen) atoms. The Hall–Kier alpha value is -1.62. The lowest BCUT2D eigenvalue weighted by Gasteiger charge is -2.19. The highest BCUT2D eigenvalue weighted by Crippen LogP contribution is 2.32. The van der Waals surface area contributed by atoms with Crippen molar-refractivity contribution in [1.82, 2.24) is 0 Å². The van der Waals surface area contributed by atoms with E-state index < -0.39 is 11.7 Å². The van der Waals surface area contributed by atoms with Crippen LogP contribution in [-0.2, 0) is 6.18 Å². The molecule has 0 aliphatic heterocycles. The van der Waals surface area contributed by atoms with Gasteiger partial charge in [0.1, 0.15) is 0 Å². The van der Waals surface area contributed by atoms with E-state index in [0.29, 0.717) is 5.56 Å². The van der Waals surface area contributed by atoms with E-state index in [2.05, 4.69) is 5.32 Å². The summed E-state index contributed by atoms with van der Waals surface area (Å²) in [6.07, 6.45) is -2.34. The molecule has 0 fully saturated rings. The Bertz CT molecular complexity index is 610. The maximum absolute atomic E-state index is 12.8. The van der Waals surface area contributed by atoms with Crippen LogP contribution < -0.4 is 5.32 Å². The summed E-state index contributed by atoms with van der Waals surface area (Å²) >= 11 is 1.60. The van der Waals surface area contributed by atoms with Crippen LogP contribution in [0.3, 0.4) is 0 Å². The van der Waals surface area contributed by atoms with Crippen molar-refractivity contribution in [2.45, 2.75) is 24.0 Å². The van der Waals surface area contributed by atoms with E-state index in [0.717, 1.165) is 16.6 Å². The third-order valence-corrected chi connectivity index (χ3v) is 3.99. The zero-order chi connectivity index (χ0) is 15.5. The van der Waals surface area contributed by atoms with Gasteiger partial charge in [-0.25, -0.2) is 0 Å². The monoisotopic (exact) mass is 311 g/mol. The second kappa shape index (κ2) is 6.43. The number of hydrogen-bond acceptors (Lipinski definition) is 2. The van der Waals surface area contributed by atoms with Crippen molar-refractivity contribution < 1.29 is 13.2 Å². The molecule has 1 unspecified atom stereocenters. The van der Waals surface area contributed by atoms with Crippen molar-refractivity contribution in [3.05, 3.63) is 59.7 Å². The van der Waals surface area contributed by atoms with Gasteiger partial charge in [0.15, 0.2) is 0 Å². The second-order valence-corrected chi connectivity index (χ2v) is 5.54. The number of halogens is 3. The molecular weight excluding hydrogens is 295 g/mol. The lowest BCUT2D eigenvalue weighted by atomic mass is 10.0. The first kappa shape index (κ1) is 15.8. The van der Waals surface area contributed by atoms with Gasteiger partial charge in [0.2, 0.25) is 0 Å². The summed E-state index contributed by atoms with van der Waals surface area (Å²) in [7, 11) is 0. The fourth-order valence-corrected chi connectivity index (χ4v) is 2.63. The minimum Gasteiger partial charge on any atom is -0.378 e. The highest BCUT2D eigenvalue weighted by atomic mass is 32.2. The largest absolute Gasteiger partial charge is 0.416 e. The Balaban J connectivity index is 2.22. The minimum absolute atomic E-state index is 0.208. The molecule has 0 radical (unpaired) electrons. The Morgan fingerprint density at radius 3 is 2.43 bits per heavy atom. The van der Waals surface area contributed by atoms with Crippen LogP contribution in [0.15, 0.2) is 53.4 Å². The third kappa shape index (κ3) is 3.94. The third-order valence-electron chi connectivity index (χ3n) is 3.19. The van der Waals surface area contributed by atoms with Crippen LogP contribution >= 0.6 is 11.8 Å². The van der Waals surface area contributed by atoms with Gasteiger partial charge in [-0.2, -0.15) is 13.2 Å². The summed E-state index contributed by atoms with van der Waals surface area (Å²) in [6.45, 7) is 1.85. The smallest absolute Gasteiger partial charge is 0.378 e. The standard InChI is InChI=1S/C16H16F3NS/c1-11(20-14-8-3-4-9-15(14)21-2)12-6-5-7-13(10-12)16(17,18)19/h3-11,20H,1-2H3. The van der Waals surface area contributed by atoms with Crippen molar-refractivity contribution in [1.29, 1.82) is 0 Å². The molecule has 0 amide bonds. The molecule has 0 saturated heterocycles. The fraction of sp³-hybridized carbons (Fsp3) is 0.250. The molecule has 5 heteroatoms. The number of para-hydroxylation sites is 1. The van der Waals surface area contributed by atoms with Gasteiger partial charge in [-0.15, -0.1) is 11.8 Å². The van der Waals surface area contributed by atoms with Gasteiger partial charge in [0.05, 0.1) is 5.56 Å². The molecule has 1 atom stereocenters. The normalized spacial score (nSPS) is 13.0. The van der Waals surface area contributed by atoms with E-state index >= 15 is 0 Å². The van der Waals surface area contributed by atoms with Crippen molar-refractivity contribution in [3.63, 3.8) is 0 Å². The summed E-state index contributed by atoms with van der Waals surface area (Å²) < 4.78 is 38.3. The Labute approximate surface area is 126 Å². The van der Waals surface area contributed by atoms with Gasteiger partial charge >= 0.3 is 6.18 Å². The van der Waals surface area contributed by atoms with Crippen LogP contribution in [0.4, 0.5) is 18.9 Å². The molecule has 1 nitrogen and oxygen atoms in total. The molecule has 0 aliphatic rings. The highest BCUT2D eigenvalue weighted by Gasteiger charge is 2.30. The summed E-state index contributed by atoms with van der Waals surface area (Å²) in [6, 6.07) is 13.0. The Morgan fingerprint density at radius 2 is 1.76 bits per heavy atom. The topological polar surface area (TPSA) is 12.0 Å². The molecule has 0 saturated carbocycles. The van der Waals surface area contributed by atoms with Crippen molar-refractivity contribution in [2.75, 3.05) is 11.6 Å². The lowest BCUT2D eigenvalue weighted by Crippen LogP contribution is -2.10. The summed E-state index contributed by atoms with van der Waals surface area (Å²) in [5.74, 6) is 0. The first-order valence-corrected chi connectivity index (χ1v) is 7.71. The summed E-state index contributed by atoms with van der Waals surface area (Å²) in [4.78, 5) is 1.07. The summed E-state index contributed by atoms with van der Waals surface area (Å²) in [5.41, 5.74) is 0.919. The maximum Gasteiger partial charge on any atom is 0.416 e. The molecule has 2 aromatic rings. The van der Waals surface area contributed by atoms with E-state index in [-0.39, 0.29) is 6.04 Å². The summed E-state index contributed by atoms with van der Waals surface area (Å²) in [5, 5.41) is 3.27. The number of anilines is 1. The fourth-order valence-electron chi connectivity index (χ4n) is 2.06. The SMILES string of the molecule is CSc1ccccc1NC(C)c1cccc(C(F)(F)F)c1. The molecule has 0 aromatic heterocycles. The van der Waals surface area contributed by atoms with Gasteiger partial charge in [-0.1, -0.05) is 24.3 Å². The quantitative estimate of drug-likeness (QED) is 0.738. The van der Waals surface area contributed by atoms with Crippen LogP contribution in [0.2, 0.25) is 0 Å². The number of hydrogen-bond donors (Lipinski definition) is 1. The highest BCUT2D eigenvalue weighted by molar-refractivity contribution is 7.98. The Kier molecular flexibility index (Phi) is 4.83. The number of alkyl halides is 3. The molecule has 1 N–H and O–H groups in total. The van der Waals surface area contributed by atoms with Crippen LogP contribution in [0, 0.1) is 0 Å². The molecule has 2 rings (SSSR count). The molecule has 0 spiro atoms. The zero-order valence-electron chi connectivity index (χ0n) is 11.7. The first-order chi connectivity index (χ1) is 9.91. The number of thioether (sulfide) groups is 1. The molecule has 0 aliphatic carbocycles. The maximum atomic E-state index is 12.8.